The fraction of sp³-hybridized carbons (Fsp3) is 0.407. The molecule has 2 heterocycles. The molecule has 33 heavy (non-hydrogen) atoms. The van der Waals surface area contributed by atoms with Gasteiger partial charge in [0.15, 0.2) is 0 Å². The predicted octanol–water partition coefficient (Wildman–Crippen LogP) is 5.48. The molecule has 0 radical (unpaired) electrons. The molecule has 2 aromatic carbocycles. The number of benzene rings is 2. The van der Waals surface area contributed by atoms with E-state index in [1.165, 1.54) is 5.56 Å². The molecular weight excluding hydrogens is 412 g/mol. The van der Waals surface area contributed by atoms with Crippen molar-refractivity contribution in [1.82, 2.24) is 14.9 Å². The van der Waals surface area contributed by atoms with Gasteiger partial charge in [0, 0.05) is 24.0 Å². The molecule has 0 bridgehead atoms. The number of rotatable bonds is 5. The Morgan fingerprint density at radius 2 is 1.85 bits per heavy atom. The molecule has 4 rings (SSSR count). The summed E-state index contributed by atoms with van der Waals surface area (Å²) in [6.07, 6.45) is 3.34. The van der Waals surface area contributed by atoms with Gasteiger partial charge in [0.2, 0.25) is 0 Å². The van der Waals surface area contributed by atoms with E-state index in [0.717, 1.165) is 35.5 Å². The molecule has 1 atom stereocenters. The molecule has 6 nitrogen and oxygen atoms in total. The van der Waals surface area contributed by atoms with Crippen molar-refractivity contribution in [3.8, 4) is 0 Å². The first-order valence-corrected chi connectivity index (χ1v) is 11.7. The van der Waals surface area contributed by atoms with Gasteiger partial charge in [0.05, 0.1) is 25.1 Å². The second kappa shape index (κ2) is 9.69. The third-order valence-corrected chi connectivity index (χ3v) is 6.05. The maximum atomic E-state index is 13.1. The van der Waals surface area contributed by atoms with E-state index in [1.807, 2.05) is 37.8 Å². The Labute approximate surface area is 196 Å². The monoisotopic (exact) mass is 446 g/mol. The first-order valence-electron chi connectivity index (χ1n) is 11.7. The van der Waals surface area contributed by atoms with Gasteiger partial charge in [0.1, 0.15) is 5.60 Å². The largest absolute Gasteiger partial charge is 0.444 e. The number of H-pyrrole nitrogens is 1. The van der Waals surface area contributed by atoms with Gasteiger partial charge in [-0.15, -0.1) is 0 Å². The molecule has 0 aliphatic carbocycles. The van der Waals surface area contributed by atoms with Crippen molar-refractivity contribution in [1.29, 1.82) is 0 Å². The van der Waals surface area contributed by atoms with Crippen LogP contribution in [0.5, 0.6) is 0 Å². The quantitative estimate of drug-likeness (QED) is 0.564. The predicted molar refractivity (Wildman–Crippen MR) is 131 cm³/mol. The first-order chi connectivity index (χ1) is 15.8. The first kappa shape index (κ1) is 22.9. The van der Waals surface area contributed by atoms with Gasteiger partial charge in [-0.3, -0.25) is 0 Å². The molecular formula is C27H34N4O2. The number of ether oxygens (including phenoxy) is 1. The van der Waals surface area contributed by atoms with E-state index in [2.05, 4.69) is 64.3 Å². The highest BCUT2D eigenvalue weighted by atomic mass is 16.6. The van der Waals surface area contributed by atoms with Crippen molar-refractivity contribution in [2.24, 2.45) is 0 Å². The molecule has 1 unspecified atom stereocenters. The molecule has 174 valence electrons. The summed E-state index contributed by atoms with van der Waals surface area (Å²) in [5, 5.41) is 0. The smallest absolute Gasteiger partial charge is 0.410 e. The van der Waals surface area contributed by atoms with Crippen LogP contribution in [0.2, 0.25) is 0 Å². The van der Waals surface area contributed by atoms with Crippen LogP contribution in [0.25, 0.3) is 0 Å². The highest BCUT2D eigenvalue weighted by molar-refractivity contribution is 5.70. The third-order valence-electron chi connectivity index (χ3n) is 6.05. The average molecular weight is 447 g/mol. The summed E-state index contributed by atoms with van der Waals surface area (Å²) >= 11 is 0. The van der Waals surface area contributed by atoms with Crippen LogP contribution >= 0.6 is 0 Å². The Morgan fingerprint density at radius 1 is 1.12 bits per heavy atom. The molecule has 0 spiro atoms. The summed E-state index contributed by atoms with van der Waals surface area (Å²) in [4.78, 5) is 25.2. The van der Waals surface area contributed by atoms with Crippen LogP contribution in [-0.2, 0) is 24.2 Å². The molecule has 1 aromatic heterocycles. The van der Waals surface area contributed by atoms with Gasteiger partial charge in [-0.1, -0.05) is 48.5 Å². The van der Waals surface area contributed by atoms with Crippen LogP contribution < -0.4 is 4.90 Å². The Morgan fingerprint density at radius 3 is 2.55 bits per heavy atom. The Kier molecular flexibility index (Phi) is 6.72. The third kappa shape index (κ3) is 5.75. The number of carbonyl (C=O) groups is 1. The van der Waals surface area contributed by atoms with Gasteiger partial charge in [-0.25, -0.2) is 9.78 Å². The van der Waals surface area contributed by atoms with Crippen molar-refractivity contribution in [2.75, 3.05) is 11.4 Å². The van der Waals surface area contributed by atoms with Gasteiger partial charge < -0.3 is 19.5 Å². The lowest BCUT2D eigenvalue weighted by atomic mass is 10.0. The minimum Gasteiger partial charge on any atom is -0.444 e. The number of aryl methyl sites for hydroxylation is 2. The number of nitrogens with zero attached hydrogens (tertiary/aromatic N) is 3. The number of imidazole rings is 1. The van der Waals surface area contributed by atoms with Crippen LogP contribution in [0.3, 0.4) is 0 Å². The molecule has 0 saturated carbocycles. The van der Waals surface area contributed by atoms with Crippen molar-refractivity contribution in [2.45, 2.75) is 65.3 Å². The van der Waals surface area contributed by atoms with E-state index in [9.17, 15) is 4.79 Å². The number of anilines is 1. The molecule has 0 fully saturated rings. The van der Waals surface area contributed by atoms with Gasteiger partial charge in [-0.2, -0.15) is 0 Å². The maximum absolute atomic E-state index is 13.1. The Balaban J connectivity index is 1.68. The minimum absolute atomic E-state index is 0.123. The summed E-state index contributed by atoms with van der Waals surface area (Å²) in [7, 11) is 0. The highest BCUT2D eigenvalue weighted by Crippen LogP contribution is 2.32. The number of para-hydroxylation sites is 1. The lowest BCUT2D eigenvalue weighted by Gasteiger charge is -2.34. The summed E-state index contributed by atoms with van der Waals surface area (Å²) in [6.45, 7) is 9.61. The molecule has 1 aliphatic heterocycles. The second-order valence-electron chi connectivity index (χ2n) is 9.77. The molecule has 6 heteroatoms. The molecule has 3 aromatic rings. The number of amides is 1. The zero-order chi connectivity index (χ0) is 23.4. The number of hydrogen-bond acceptors (Lipinski definition) is 4. The number of carbonyl (C=O) groups excluding carboxylic acids is 1. The number of aromatic nitrogens is 2. The molecule has 1 amide bonds. The van der Waals surface area contributed by atoms with Crippen molar-refractivity contribution in [3.05, 3.63) is 83.4 Å². The van der Waals surface area contributed by atoms with E-state index in [0.29, 0.717) is 19.6 Å². The van der Waals surface area contributed by atoms with E-state index in [1.54, 1.807) is 6.33 Å². The zero-order valence-electron chi connectivity index (χ0n) is 20.0. The summed E-state index contributed by atoms with van der Waals surface area (Å²) in [5.74, 6) is 0. The standard InChI is InChI=1S/C27H34N4O2/c1-20-24(29-19-28-20)18-31-23(15-14-21-10-6-5-7-11-21)17-30(26(32)33-27(2,3)4)16-22-12-8-9-13-25(22)31/h5-13,19,23H,14-18H2,1-4H3,(H,28,29). The van der Waals surface area contributed by atoms with Gasteiger partial charge >= 0.3 is 6.09 Å². The lowest BCUT2D eigenvalue weighted by molar-refractivity contribution is 0.0225. The normalized spacial score (nSPS) is 16.3. The second-order valence-corrected chi connectivity index (χ2v) is 9.77. The number of fused-ring (bicyclic) bond motifs is 1. The highest BCUT2D eigenvalue weighted by Gasteiger charge is 2.32. The van der Waals surface area contributed by atoms with E-state index in [4.69, 9.17) is 4.74 Å². The topological polar surface area (TPSA) is 61.5 Å². The Hall–Kier alpha value is -3.28. The maximum Gasteiger partial charge on any atom is 0.410 e. The molecule has 1 aliphatic rings. The number of nitrogens with one attached hydrogen (secondary N) is 1. The van der Waals surface area contributed by atoms with E-state index < -0.39 is 5.60 Å². The zero-order valence-corrected chi connectivity index (χ0v) is 20.0. The summed E-state index contributed by atoms with van der Waals surface area (Å²) < 4.78 is 5.77. The lowest BCUT2D eigenvalue weighted by Crippen LogP contribution is -2.45. The summed E-state index contributed by atoms with van der Waals surface area (Å²) in [6, 6.07) is 19.0. The number of aromatic amines is 1. The fourth-order valence-electron chi connectivity index (χ4n) is 4.36. The van der Waals surface area contributed by atoms with E-state index >= 15 is 0 Å². The van der Waals surface area contributed by atoms with Crippen LogP contribution in [0.1, 0.15) is 49.7 Å². The SMILES string of the molecule is Cc1[nH]cnc1CN1c2ccccc2CN(C(=O)OC(C)(C)C)CC1CCc1ccccc1. The van der Waals surface area contributed by atoms with Crippen LogP contribution in [0.4, 0.5) is 10.5 Å². The molecule has 0 saturated heterocycles. The van der Waals surface area contributed by atoms with Crippen molar-refractivity contribution < 1.29 is 9.53 Å². The van der Waals surface area contributed by atoms with E-state index in [-0.39, 0.29) is 12.1 Å². The average Bonchev–Trinajstić information content (AvgIpc) is 3.11. The summed E-state index contributed by atoms with van der Waals surface area (Å²) in [5.41, 5.74) is 5.15. The van der Waals surface area contributed by atoms with Crippen molar-refractivity contribution in [3.63, 3.8) is 0 Å². The van der Waals surface area contributed by atoms with Gasteiger partial charge in [0.25, 0.3) is 0 Å². The van der Waals surface area contributed by atoms with Gasteiger partial charge in [-0.05, 0) is 57.7 Å². The van der Waals surface area contributed by atoms with Crippen LogP contribution in [0.15, 0.2) is 60.9 Å². The number of hydrogen-bond donors (Lipinski definition) is 1. The van der Waals surface area contributed by atoms with Crippen LogP contribution in [0, 0.1) is 6.92 Å². The van der Waals surface area contributed by atoms with Crippen molar-refractivity contribution >= 4 is 11.8 Å². The Bertz CT molecular complexity index is 1070. The minimum atomic E-state index is -0.533. The molecule has 1 N–H and O–H groups in total. The fourth-order valence-corrected chi connectivity index (χ4v) is 4.36. The van der Waals surface area contributed by atoms with Crippen LogP contribution in [-0.4, -0.2) is 39.1 Å².